The maximum Gasteiger partial charge on any atom is 0.0664 e. The highest BCUT2D eigenvalue weighted by Gasteiger charge is 2.43. The van der Waals surface area contributed by atoms with Crippen molar-refractivity contribution in [2.75, 3.05) is 0 Å². The van der Waals surface area contributed by atoms with Crippen molar-refractivity contribution in [1.29, 1.82) is 0 Å². The van der Waals surface area contributed by atoms with E-state index in [1.165, 1.54) is 66.4 Å². The molecule has 6 aromatic rings. The van der Waals surface area contributed by atoms with Crippen molar-refractivity contribution < 1.29 is 0 Å². The highest BCUT2D eigenvalue weighted by atomic mass is 31.1. The first kappa shape index (κ1) is 28.4. The largest absolute Gasteiger partial charge is 0.0795 e. The predicted molar refractivity (Wildman–Crippen MR) is 198 cm³/mol. The number of rotatable bonds is 2. The lowest BCUT2D eigenvalue weighted by Gasteiger charge is -2.42. The van der Waals surface area contributed by atoms with Crippen molar-refractivity contribution in [2.24, 2.45) is 0 Å². The van der Waals surface area contributed by atoms with Crippen molar-refractivity contribution in [3.63, 3.8) is 0 Å². The van der Waals surface area contributed by atoms with Crippen LogP contribution >= 0.6 is 8.58 Å². The lowest BCUT2D eigenvalue weighted by atomic mass is 9.72. The molecule has 1 aliphatic carbocycles. The molecule has 220 valence electrons. The molecule has 8 rings (SSSR count). The van der Waals surface area contributed by atoms with Crippen molar-refractivity contribution >= 4 is 24.9 Å². The summed E-state index contributed by atoms with van der Waals surface area (Å²) in [5.41, 5.74) is 13.5. The molecule has 1 spiro atoms. The van der Waals surface area contributed by atoms with Crippen LogP contribution in [0, 0.1) is 0 Å². The second-order valence-electron chi connectivity index (χ2n) is 12.2. The van der Waals surface area contributed by atoms with Crippen LogP contribution < -0.4 is 0 Å². The third-order valence-electron chi connectivity index (χ3n) is 9.45. The molecule has 0 radical (unpaired) electrons. The highest BCUT2D eigenvalue weighted by Crippen LogP contribution is 2.59. The zero-order valence-electron chi connectivity index (χ0n) is 25.7. The summed E-state index contributed by atoms with van der Waals surface area (Å²) in [7, 11) is 0.498. The van der Waals surface area contributed by atoms with Gasteiger partial charge in [0.2, 0.25) is 0 Å². The fourth-order valence-electron chi connectivity index (χ4n) is 7.22. The molecule has 1 heterocycles. The lowest BCUT2D eigenvalue weighted by Crippen LogP contribution is -2.31. The monoisotopic (exact) mass is 606 g/mol. The van der Waals surface area contributed by atoms with Gasteiger partial charge >= 0.3 is 0 Å². The summed E-state index contributed by atoms with van der Waals surface area (Å²) in [6, 6.07) is 60.3. The Morgan fingerprint density at radius 3 is 1.76 bits per heavy atom. The molecule has 46 heavy (non-hydrogen) atoms. The van der Waals surface area contributed by atoms with Crippen LogP contribution in [0.5, 0.6) is 0 Å². The Hall–Kier alpha value is -5.03. The van der Waals surface area contributed by atoms with Gasteiger partial charge in [0, 0.05) is 0 Å². The average Bonchev–Trinajstić information content (AvgIpc) is 3.19. The topological polar surface area (TPSA) is 0 Å². The summed E-state index contributed by atoms with van der Waals surface area (Å²) in [4.78, 5) is 0. The Labute approximate surface area is 273 Å². The first-order valence-corrected chi connectivity index (χ1v) is 17.2. The maximum atomic E-state index is 2.52. The number of benzene rings is 5. The van der Waals surface area contributed by atoms with Gasteiger partial charge in [0.1, 0.15) is 0 Å². The Morgan fingerprint density at radius 2 is 1.02 bits per heavy atom. The zero-order valence-corrected chi connectivity index (χ0v) is 26.7. The molecule has 0 nitrogen and oxygen atoms in total. The molecule has 1 unspecified atom stereocenters. The molecule has 0 saturated heterocycles. The quantitative estimate of drug-likeness (QED) is 0.172. The van der Waals surface area contributed by atoms with Gasteiger partial charge in [0.25, 0.3) is 0 Å². The van der Waals surface area contributed by atoms with E-state index in [2.05, 4.69) is 182 Å². The van der Waals surface area contributed by atoms with Crippen molar-refractivity contribution in [3.8, 4) is 11.1 Å². The van der Waals surface area contributed by atoms with Gasteiger partial charge in [0.05, 0.1) is 5.16 Å². The van der Waals surface area contributed by atoms with E-state index >= 15 is 0 Å². The fraction of sp³-hybridized carbons (Fsp3) is 0.0667. The lowest BCUT2D eigenvalue weighted by molar-refractivity contribution is 0.810. The molecule has 0 bridgehead atoms. The van der Waals surface area contributed by atoms with E-state index < -0.39 is 0 Å². The van der Waals surface area contributed by atoms with Gasteiger partial charge in [-0.1, -0.05) is 178 Å². The van der Waals surface area contributed by atoms with E-state index in [1.807, 2.05) is 0 Å². The summed E-state index contributed by atoms with van der Waals surface area (Å²) in [6.45, 7) is 0. The average molecular weight is 607 g/mol. The van der Waals surface area contributed by atoms with Gasteiger partial charge in [0.15, 0.2) is 0 Å². The molecule has 0 fully saturated rings. The van der Waals surface area contributed by atoms with Crippen LogP contribution in [0.2, 0.25) is 0 Å². The Balaban J connectivity index is 1.39. The third kappa shape index (κ3) is 5.20. The SMILES string of the molecule is C1=C\C(c2ccccccccc2)=C/PC2(c3cc(-c4ccc5ccccc5c4)ccc3C/1)c1ccccc1Cc1ccccc12. The van der Waals surface area contributed by atoms with E-state index in [1.54, 1.807) is 0 Å². The van der Waals surface area contributed by atoms with Gasteiger partial charge in [-0.2, -0.15) is 0 Å². The van der Waals surface area contributed by atoms with Crippen LogP contribution in [0.1, 0.15) is 38.9 Å². The first-order chi connectivity index (χ1) is 22.8. The van der Waals surface area contributed by atoms with E-state index in [0.29, 0.717) is 8.58 Å². The van der Waals surface area contributed by atoms with Crippen LogP contribution in [0.15, 0.2) is 182 Å². The van der Waals surface area contributed by atoms with Gasteiger partial charge in [-0.15, -0.1) is 0 Å². The summed E-state index contributed by atoms with van der Waals surface area (Å²) in [6.07, 6.45) is 6.53. The summed E-state index contributed by atoms with van der Waals surface area (Å²) >= 11 is 0. The van der Waals surface area contributed by atoms with Gasteiger partial charge in [-0.05, 0) is 91.4 Å². The summed E-state index contributed by atoms with van der Waals surface area (Å²) in [5, 5.41) is 2.24. The van der Waals surface area contributed by atoms with Crippen LogP contribution in [-0.4, -0.2) is 0 Å². The molecule has 0 aromatic heterocycles. The normalized spacial score (nSPS) is 16.8. The van der Waals surface area contributed by atoms with E-state index in [9.17, 15) is 0 Å². The fourth-order valence-corrected chi connectivity index (χ4v) is 9.04. The number of hydrogen-bond acceptors (Lipinski definition) is 0. The Bertz CT molecular complexity index is 2130. The second-order valence-corrected chi connectivity index (χ2v) is 13.5. The smallest absolute Gasteiger partial charge is 0.0664 e. The van der Waals surface area contributed by atoms with Crippen LogP contribution in [0.25, 0.3) is 27.5 Å². The van der Waals surface area contributed by atoms with Crippen molar-refractivity contribution in [2.45, 2.75) is 18.0 Å². The Kier molecular flexibility index (Phi) is 7.67. The van der Waals surface area contributed by atoms with E-state index in [-0.39, 0.29) is 5.16 Å². The summed E-state index contributed by atoms with van der Waals surface area (Å²) in [5.74, 6) is 2.52. The molecule has 1 heteroatoms. The number of allylic oxidation sites excluding steroid dienone is 3. The van der Waals surface area contributed by atoms with Crippen molar-refractivity contribution in [3.05, 3.63) is 221 Å². The minimum atomic E-state index is -0.302. The standard InChI is InChI=1S/C45H35P/c1-2-4-6-15-33(16-7-5-3-1)41-22-14-21-35-26-28-38(37-27-25-34-17-8-9-18-36(34)29-37)31-44(35)45(46-32-41)42-23-12-10-19-39(42)30-40-20-11-13-24-43(40)45/h1-20,22-29,31-32,46H,21,30H2/b2-1?,3-1?,4-2?,5-3?,6-4?,7-5?,15-6?,16-7?,22-14-,33-15?,33-16?,41-32+. The van der Waals surface area contributed by atoms with Gasteiger partial charge in [-0.25, -0.2) is 0 Å². The van der Waals surface area contributed by atoms with E-state index in [0.717, 1.165) is 12.8 Å². The minimum Gasteiger partial charge on any atom is -0.0795 e. The Morgan fingerprint density at radius 1 is 0.435 bits per heavy atom. The van der Waals surface area contributed by atoms with Crippen LogP contribution in [0.4, 0.5) is 0 Å². The minimum absolute atomic E-state index is 0.302. The second kappa shape index (κ2) is 12.4. The predicted octanol–water partition coefficient (Wildman–Crippen LogP) is 11.7. The van der Waals surface area contributed by atoms with Gasteiger partial charge in [-0.3, -0.25) is 0 Å². The third-order valence-corrected chi connectivity index (χ3v) is 11.1. The maximum absolute atomic E-state index is 2.52. The van der Waals surface area contributed by atoms with Crippen molar-refractivity contribution in [1.82, 2.24) is 0 Å². The van der Waals surface area contributed by atoms with Gasteiger partial charge < -0.3 is 0 Å². The molecule has 1 aliphatic heterocycles. The molecule has 1 atom stereocenters. The molecule has 6 aromatic carbocycles. The molecule has 0 amide bonds. The highest BCUT2D eigenvalue weighted by molar-refractivity contribution is 7.44. The van der Waals surface area contributed by atoms with E-state index in [4.69, 9.17) is 0 Å². The molecular formula is C45H35P. The van der Waals surface area contributed by atoms with Crippen LogP contribution in [-0.2, 0) is 18.0 Å². The number of fused-ring (bicyclic) bond motifs is 7. The molecule has 0 N–H and O–H groups in total. The number of hydrogen-bond donors (Lipinski definition) is 0. The molecule has 2 aliphatic rings. The zero-order chi connectivity index (χ0) is 30.8. The first-order valence-electron chi connectivity index (χ1n) is 16.1. The molecular weight excluding hydrogens is 571 g/mol. The summed E-state index contributed by atoms with van der Waals surface area (Å²) < 4.78 is 0. The van der Waals surface area contributed by atoms with Crippen LogP contribution in [0.3, 0.4) is 0 Å². The molecule has 0 saturated carbocycles.